The van der Waals surface area contributed by atoms with Gasteiger partial charge in [-0.2, -0.15) is 4.98 Å². The number of aromatic nitrogens is 4. The van der Waals surface area contributed by atoms with E-state index < -0.39 is 28.9 Å². The average molecular weight is 602 g/mol. The summed E-state index contributed by atoms with van der Waals surface area (Å²) < 4.78 is 32.8. The molecule has 44 heavy (non-hydrogen) atoms. The number of rotatable bonds is 6. The van der Waals surface area contributed by atoms with Crippen molar-refractivity contribution in [3.05, 3.63) is 88.1 Å². The van der Waals surface area contributed by atoms with Gasteiger partial charge in [0.05, 0.1) is 27.9 Å². The van der Waals surface area contributed by atoms with Crippen LogP contribution in [0.25, 0.3) is 28.0 Å². The fourth-order valence-electron chi connectivity index (χ4n) is 5.68. The van der Waals surface area contributed by atoms with Gasteiger partial charge >= 0.3 is 5.69 Å². The number of hydrogen-bond donors (Lipinski definition) is 1. The van der Waals surface area contributed by atoms with Crippen LogP contribution in [0.5, 0.6) is 0 Å². The second-order valence-electron chi connectivity index (χ2n) is 11.0. The molecule has 1 aliphatic rings. The number of nitrogens with zero attached hydrogens (tertiary/aromatic N) is 6. The van der Waals surface area contributed by atoms with Crippen LogP contribution >= 0.6 is 0 Å². The van der Waals surface area contributed by atoms with E-state index in [9.17, 15) is 14.4 Å². The van der Waals surface area contributed by atoms with Crippen molar-refractivity contribution >= 4 is 28.7 Å². The Morgan fingerprint density at radius 2 is 1.89 bits per heavy atom. The number of anilines is 1. The number of carbonyl (C=O) groups is 2. The van der Waals surface area contributed by atoms with Gasteiger partial charge in [0.2, 0.25) is 5.91 Å². The Morgan fingerprint density at radius 1 is 1.14 bits per heavy atom. The number of nitrogens with one attached hydrogen (secondary N) is 1. The SMILES string of the molecule is C=CC(=O)N1CCN(c2nc(=O)n(-c3c(C)ccnc3C(C)C)c3nc(-c4c(F)cccc4C(=O)NC)c(F)cc23)[C@@H](C)C1. The zero-order chi connectivity index (χ0) is 31.9. The van der Waals surface area contributed by atoms with Crippen molar-refractivity contribution in [3.8, 4) is 16.9 Å². The predicted molar refractivity (Wildman–Crippen MR) is 164 cm³/mol. The molecule has 3 aromatic heterocycles. The first-order valence-electron chi connectivity index (χ1n) is 14.3. The van der Waals surface area contributed by atoms with Crippen molar-refractivity contribution < 1.29 is 18.4 Å². The van der Waals surface area contributed by atoms with Gasteiger partial charge in [-0.15, -0.1) is 0 Å². The average Bonchev–Trinajstić information content (AvgIpc) is 3.00. The Bertz CT molecular complexity index is 1870. The molecule has 1 saturated heterocycles. The molecule has 10 nitrogen and oxygen atoms in total. The molecule has 0 aliphatic carbocycles. The van der Waals surface area contributed by atoms with Gasteiger partial charge in [-0.1, -0.05) is 26.5 Å². The molecule has 12 heteroatoms. The van der Waals surface area contributed by atoms with Gasteiger partial charge in [-0.25, -0.2) is 23.1 Å². The van der Waals surface area contributed by atoms with Gasteiger partial charge in [0.15, 0.2) is 11.5 Å². The van der Waals surface area contributed by atoms with Gasteiger partial charge in [0.25, 0.3) is 5.91 Å². The van der Waals surface area contributed by atoms with Crippen molar-refractivity contribution in [2.75, 3.05) is 31.6 Å². The lowest BCUT2D eigenvalue weighted by molar-refractivity contribution is -0.126. The van der Waals surface area contributed by atoms with Crippen molar-refractivity contribution in [3.63, 3.8) is 0 Å². The summed E-state index contributed by atoms with van der Waals surface area (Å²) in [6, 6.07) is 6.47. The number of hydrogen-bond acceptors (Lipinski definition) is 7. The summed E-state index contributed by atoms with van der Waals surface area (Å²) in [6.07, 6.45) is 2.89. The summed E-state index contributed by atoms with van der Waals surface area (Å²) in [5.41, 5.74) is 0.204. The molecular formula is C32H33F2N7O3. The van der Waals surface area contributed by atoms with Crippen LogP contribution in [0, 0.1) is 18.6 Å². The minimum atomic E-state index is -0.902. The van der Waals surface area contributed by atoms with E-state index in [2.05, 4.69) is 26.8 Å². The van der Waals surface area contributed by atoms with Gasteiger partial charge in [-0.3, -0.25) is 14.6 Å². The summed E-state index contributed by atoms with van der Waals surface area (Å²) in [5.74, 6) is -2.51. The van der Waals surface area contributed by atoms with E-state index in [4.69, 9.17) is 0 Å². The molecule has 0 radical (unpaired) electrons. The van der Waals surface area contributed by atoms with Crippen molar-refractivity contribution in [2.24, 2.45) is 0 Å². The molecule has 0 saturated carbocycles. The Labute approximate surface area is 253 Å². The molecule has 0 spiro atoms. The van der Waals surface area contributed by atoms with Crippen LogP contribution in [-0.2, 0) is 4.79 Å². The minimum absolute atomic E-state index is 0.0253. The maximum atomic E-state index is 16.1. The van der Waals surface area contributed by atoms with E-state index in [1.807, 2.05) is 32.6 Å². The van der Waals surface area contributed by atoms with Gasteiger partial charge in [0.1, 0.15) is 17.3 Å². The van der Waals surface area contributed by atoms with E-state index >= 15 is 8.78 Å². The van der Waals surface area contributed by atoms with Gasteiger partial charge in [0, 0.05) is 38.9 Å². The highest BCUT2D eigenvalue weighted by Gasteiger charge is 2.31. The topological polar surface area (TPSA) is 113 Å². The normalized spacial score (nSPS) is 15.1. The molecule has 1 aromatic carbocycles. The lowest BCUT2D eigenvalue weighted by atomic mass is 10.0. The first-order chi connectivity index (χ1) is 21.0. The highest BCUT2D eigenvalue weighted by Crippen LogP contribution is 2.35. The molecule has 1 atom stereocenters. The monoisotopic (exact) mass is 601 g/mol. The Hall–Kier alpha value is -5.00. The smallest absolute Gasteiger partial charge is 0.355 e. The van der Waals surface area contributed by atoms with Crippen LogP contribution in [0.3, 0.4) is 0 Å². The number of pyridine rings is 2. The fraction of sp³-hybridized carbons (Fsp3) is 0.312. The zero-order valence-corrected chi connectivity index (χ0v) is 25.2. The third-order valence-electron chi connectivity index (χ3n) is 7.83. The standard InChI is InChI=1S/C32H33F2N7O3/c1-7-24(42)39-13-14-40(19(5)16-39)29-21-15-23(34)27(25-20(31(43)35-6)9-8-10-22(25)33)37-30(21)41(32(44)38-29)28-18(4)11-12-36-26(28)17(2)3/h7-12,15,17,19H,1,13-14,16H2,2-6H3,(H,35,43)/t19-/m0/s1. The summed E-state index contributed by atoms with van der Waals surface area (Å²) >= 11 is 0. The van der Waals surface area contributed by atoms with E-state index in [0.717, 1.165) is 6.07 Å². The number of fused-ring (bicyclic) bond motifs is 1. The summed E-state index contributed by atoms with van der Waals surface area (Å²) in [7, 11) is 1.39. The first-order valence-corrected chi connectivity index (χ1v) is 14.3. The van der Waals surface area contributed by atoms with E-state index in [1.54, 1.807) is 17.2 Å². The van der Waals surface area contributed by atoms with Crippen molar-refractivity contribution in [1.29, 1.82) is 0 Å². The summed E-state index contributed by atoms with van der Waals surface area (Å²) in [5, 5.41) is 2.66. The molecule has 4 heterocycles. The second kappa shape index (κ2) is 11.9. The molecule has 2 amide bonds. The quantitative estimate of drug-likeness (QED) is 0.331. The molecular weight excluding hydrogens is 568 g/mol. The Kier molecular flexibility index (Phi) is 8.27. The van der Waals surface area contributed by atoms with Gasteiger partial charge in [-0.05, 0) is 55.7 Å². The Morgan fingerprint density at radius 3 is 2.55 bits per heavy atom. The molecule has 0 unspecified atom stereocenters. The largest absolute Gasteiger partial charge is 0.355 e. The fourth-order valence-corrected chi connectivity index (χ4v) is 5.68. The van der Waals surface area contributed by atoms with Crippen LogP contribution in [0.1, 0.15) is 48.3 Å². The van der Waals surface area contributed by atoms with Crippen LogP contribution in [0.15, 0.2) is 54.0 Å². The van der Waals surface area contributed by atoms with Crippen LogP contribution in [-0.4, -0.2) is 69.0 Å². The summed E-state index contributed by atoms with van der Waals surface area (Å²) in [6.45, 7) is 12.1. The zero-order valence-electron chi connectivity index (χ0n) is 25.2. The molecule has 228 valence electrons. The van der Waals surface area contributed by atoms with E-state index in [0.29, 0.717) is 36.6 Å². The number of halogens is 2. The maximum absolute atomic E-state index is 16.1. The molecule has 1 N–H and O–H groups in total. The molecule has 5 rings (SSSR count). The van der Waals surface area contributed by atoms with E-state index in [1.165, 1.54) is 35.9 Å². The number of benzene rings is 1. The van der Waals surface area contributed by atoms with Gasteiger partial charge < -0.3 is 15.1 Å². The number of aryl methyl sites for hydroxylation is 1. The van der Waals surface area contributed by atoms with Crippen molar-refractivity contribution in [1.82, 2.24) is 29.7 Å². The van der Waals surface area contributed by atoms with Crippen LogP contribution in [0.4, 0.5) is 14.6 Å². The van der Waals surface area contributed by atoms with Crippen LogP contribution in [0.2, 0.25) is 0 Å². The molecule has 4 aromatic rings. The van der Waals surface area contributed by atoms with Crippen LogP contribution < -0.4 is 15.9 Å². The number of piperazine rings is 1. The highest BCUT2D eigenvalue weighted by atomic mass is 19.1. The third kappa shape index (κ3) is 5.20. The lowest BCUT2D eigenvalue weighted by Crippen LogP contribution is -2.54. The Balaban J connectivity index is 1.86. The third-order valence-corrected chi connectivity index (χ3v) is 7.83. The molecule has 0 bridgehead atoms. The first kappa shape index (κ1) is 30.5. The molecule has 1 aliphatic heterocycles. The van der Waals surface area contributed by atoms with Crippen molar-refractivity contribution in [2.45, 2.75) is 39.7 Å². The number of amides is 2. The number of carbonyl (C=O) groups excluding carboxylic acids is 2. The minimum Gasteiger partial charge on any atom is -0.355 e. The van der Waals surface area contributed by atoms with E-state index in [-0.39, 0.29) is 45.8 Å². The molecule has 1 fully saturated rings. The summed E-state index contributed by atoms with van der Waals surface area (Å²) in [4.78, 5) is 56.0. The predicted octanol–water partition coefficient (Wildman–Crippen LogP) is 4.14. The lowest BCUT2D eigenvalue weighted by Gasteiger charge is -2.40. The second-order valence-corrected chi connectivity index (χ2v) is 11.0. The highest BCUT2D eigenvalue weighted by molar-refractivity contribution is 6.01. The maximum Gasteiger partial charge on any atom is 0.355 e.